The van der Waals surface area contributed by atoms with E-state index in [9.17, 15) is 9.59 Å². The highest BCUT2D eigenvalue weighted by Gasteiger charge is 2.27. The Morgan fingerprint density at radius 1 is 1.28 bits per heavy atom. The van der Waals surface area contributed by atoms with Gasteiger partial charge in [-0.15, -0.1) is 0 Å². The second kappa shape index (κ2) is 8.04. The molecule has 0 spiro atoms. The molecule has 1 unspecified atom stereocenters. The molecule has 0 radical (unpaired) electrons. The second-order valence-corrected chi connectivity index (χ2v) is 7.39. The summed E-state index contributed by atoms with van der Waals surface area (Å²) in [7, 11) is 0. The van der Waals surface area contributed by atoms with Crippen LogP contribution in [0.5, 0.6) is 0 Å². The van der Waals surface area contributed by atoms with Crippen LogP contribution >= 0.6 is 0 Å². The molecule has 2 amide bonds. The number of nitrogens with one attached hydrogen (secondary N) is 2. The number of hydrogen-bond donors (Lipinski definition) is 2. The Hall–Kier alpha value is -1.82. The van der Waals surface area contributed by atoms with Crippen molar-refractivity contribution in [1.82, 2.24) is 15.2 Å². The number of carbonyl (C=O) groups excluding carboxylic acids is 2. The fraction of sp³-hybridized carbons (Fsp3) is 0.684. The maximum absolute atomic E-state index is 12.6. The number of aryl methyl sites for hydroxylation is 2. The minimum Gasteiger partial charge on any atom is -0.376 e. The Morgan fingerprint density at radius 3 is 2.64 bits per heavy atom. The number of piperidine rings is 1. The van der Waals surface area contributed by atoms with Gasteiger partial charge >= 0.3 is 0 Å². The lowest BCUT2D eigenvalue weighted by molar-refractivity contribution is -0.122. The van der Waals surface area contributed by atoms with Gasteiger partial charge in [-0.1, -0.05) is 0 Å². The lowest BCUT2D eigenvalue weighted by atomic mass is 9.93. The third kappa shape index (κ3) is 4.63. The van der Waals surface area contributed by atoms with E-state index in [-0.39, 0.29) is 17.9 Å². The molecule has 0 saturated carbocycles. The number of nitrogens with zero attached hydrogens (tertiary/aromatic N) is 1. The Labute approximate surface area is 149 Å². The van der Waals surface area contributed by atoms with E-state index >= 15 is 0 Å². The van der Waals surface area contributed by atoms with Gasteiger partial charge in [-0.2, -0.15) is 0 Å². The molecule has 6 nitrogen and oxygen atoms in total. The number of ether oxygens (including phenoxy) is 1. The topological polar surface area (TPSA) is 74.4 Å². The van der Waals surface area contributed by atoms with Gasteiger partial charge in [0.05, 0.1) is 6.10 Å². The smallest absolute Gasteiger partial charge is 0.270 e. The average molecular weight is 347 g/mol. The molecule has 25 heavy (non-hydrogen) atoms. The Morgan fingerprint density at radius 2 is 2.04 bits per heavy atom. The van der Waals surface area contributed by atoms with Crippen LogP contribution in [-0.2, 0) is 9.53 Å². The molecule has 2 saturated heterocycles. The molecule has 2 aliphatic heterocycles. The summed E-state index contributed by atoms with van der Waals surface area (Å²) in [4.78, 5) is 29.8. The molecule has 3 rings (SSSR count). The van der Waals surface area contributed by atoms with Gasteiger partial charge in [-0.3, -0.25) is 9.59 Å². The van der Waals surface area contributed by atoms with E-state index in [2.05, 4.69) is 10.3 Å². The molecule has 3 heterocycles. The average Bonchev–Trinajstić information content (AvgIpc) is 3.22. The van der Waals surface area contributed by atoms with Crippen molar-refractivity contribution in [3.8, 4) is 0 Å². The molecular weight excluding hydrogens is 318 g/mol. The summed E-state index contributed by atoms with van der Waals surface area (Å²) in [5.74, 6) is 0.544. The largest absolute Gasteiger partial charge is 0.376 e. The van der Waals surface area contributed by atoms with Crippen molar-refractivity contribution >= 4 is 11.8 Å². The highest BCUT2D eigenvalue weighted by Crippen LogP contribution is 2.23. The summed E-state index contributed by atoms with van der Waals surface area (Å²) in [6.07, 6.45) is 4.65. The van der Waals surface area contributed by atoms with Crippen molar-refractivity contribution in [2.45, 2.75) is 52.1 Å². The molecule has 2 fully saturated rings. The van der Waals surface area contributed by atoms with E-state index in [0.29, 0.717) is 24.6 Å². The van der Waals surface area contributed by atoms with Crippen molar-refractivity contribution in [3.05, 3.63) is 23.0 Å². The van der Waals surface area contributed by atoms with Crippen LogP contribution in [0.1, 0.15) is 53.8 Å². The number of aromatic nitrogens is 1. The first-order chi connectivity index (χ1) is 12.0. The monoisotopic (exact) mass is 347 g/mol. The summed E-state index contributed by atoms with van der Waals surface area (Å²) >= 11 is 0. The molecule has 0 bridgehead atoms. The van der Waals surface area contributed by atoms with E-state index in [1.165, 1.54) is 0 Å². The number of amides is 2. The lowest BCUT2D eigenvalue weighted by Crippen LogP contribution is -2.40. The van der Waals surface area contributed by atoms with Crippen LogP contribution < -0.4 is 5.32 Å². The Bertz CT molecular complexity index is 611. The van der Waals surface area contributed by atoms with Crippen LogP contribution in [0.3, 0.4) is 0 Å². The molecule has 1 aromatic heterocycles. The van der Waals surface area contributed by atoms with Crippen LogP contribution in [0, 0.1) is 19.8 Å². The lowest BCUT2D eigenvalue weighted by Gasteiger charge is -2.31. The first-order valence-electron chi connectivity index (χ1n) is 9.36. The van der Waals surface area contributed by atoms with Gasteiger partial charge in [-0.25, -0.2) is 0 Å². The second-order valence-electron chi connectivity index (χ2n) is 7.39. The van der Waals surface area contributed by atoms with Gasteiger partial charge < -0.3 is 19.9 Å². The molecule has 6 heteroatoms. The number of carbonyl (C=O) groups is 2. The minimum atomic E-state index is 0.0758. The van der Waals surface area contributed by atoms with Gasteiger partial charge in [0.15, 0.2) is 0 Å². The summed E-state index contributed by atoms with van der Waals surface area (Å²) < 4.78 is 5.53. The maximum atomic E-state index is 12.6. The predicted octanol–water partition coefficient (Wildman–Crippen LogP) is 2.17. The fourth-order valence-corrected chi connectivity index (χ4v) is 3.82. The van der Waals surface area contributed by atoms with Crippen LogP contribution in [0.15, 0.2) is 6.07 Å². The quantitative estimate of drug-likeness (QED) is 0.857. The van der Waals surface area contributed by atoms with E-state index < -0.39 is 0 Å². The molecule has 0 aromatic carbocycles. The first-order valence-corrected chi connectivity index (χ1v) is 9.36. The van der Waals surface area contributed by atoms with Gasteiger partial charge in [0.1, 0.15) is 5.69 Å². The van der Waals surface area contributed by atoms with Gasteiger partial charge in [0, 0.05) is 38.4 Å². The third-order valence-electron chi connectivity index (χ3n) is 5.29. The number of rotatable bonds is 5. The van der Waals surface area contributed by atoms with Crippen molar-refractivity contribution in [2.75, 3.05) is 26.2 Å². The fourth-order valence-electron chi connectivity index (χ4n) is 3.82. The van der Waals surface area contributed by atoms with Crippen molar-refractivity contribution in [2.24, 2.45) is 5.92 Å². The summed E-state index contributed by atoms with van der Waals surface area (Å²) in [6, 6.07) is 2.00. The van der Waals surface area contributed by atoms with Crippen LogP contribution in [0.2, 0.25) is 0 Å². The summed E-state index contributed by atoms with van der Waals surface area (Å²) in [5.41, 5.74) is 2.71. The summed E-state index contributed by atoms with van der Waals surface area (Å²) in [5, 5.41) is 2.99. The summed E-state index contributed by atoms with van der Waals surface area (Å²) in [6.45, 7) is 6.81. The number of likely N-dealkylation sites (tertiary alicyclic amines) is 1. The highest BCUT2D eigenvalue weighted by molar-refractivity contribution is 5.94. The zero-order valence-corrected chi connectivity index (χ0v) is 15.3. The zero-order chi connectivity index (χ0) is 17.8. The van der Waals surface area contributed by atoms with Gasteiger partial charge in [-0.05, 0) is 57.1 Å². The highest BCUT2D eigenvalue weighted by atomic mass is 16.5. The SMILES string of the molecule is Cc1cc(C)c(C(=O)N2CCC(CC(=O)NCC3CCCO3)CC2)[nH]1. The maximum Gasteiger partial charge on any atom is 0.270 e. The van der Waals surface area contributed by atoms with Gasteiger partial charge in [0.2, 0.25) is 5.91 Å². The minimum absolute atomic E-state index is 0.0758. The van der Waals surface area contributed by atoms with E-state index in [1.54, 1.807) is 0 Å². The molecule has 138 valence electrons. The standard InChI is InChI=1S/C19H29N3O3/c1-13-10-14(2)21-18(13)19(24)22-7-5-15(6-8-22)11-17(23)20-12-16-4-3-9-25-16/h10,15-16,21H,3-9,11-12H2,1-2H3,(H,20,23). The van der Waals surface area contributed by atoms with Crippen LogP contribution in [-0.4, -0.2) is 54.0 Å². The van der Waals surface area contributed by atoms with Crippen molar-refractivity contribution in [3.63, 3.8) is 0 Å². The molecule has 2 N–H and O–H groups in total. The Kier molecular flexibility index (Phi) is 5.78. The third-order valence-corrected chi connectivity index (χ3v) is 5.29. The molecule has 0 aliphatic carbocycles. The van der Waals surface area contributed by atoms with Crippen LogP contribution in [0.25, 0.3) is 0 Å². The first kappa shape index (κ1) is 18.0. The molecule has 1 atom stereocenters. The normalized spacial score (nSPS) is 21.5. The van der Waals surface area contributed by atoms with E-state index in [0.717, 1.165) is 56.6 Å². The Balaban J connectivity index is 1.41. The zero-order valence-electron chi connectivity index (χ0n) is 15.3. The molecular formula is C19H29N3O3. The van der Waals surface area contributed by atoms with E-state index in [4.69, 9.17) is 4.74 Å². The number of hydrogen-bond acceptors (Lipinski definition) is 3. The van der Waals surface area contributed by atoms with Crippen molar-refractivity contribution < 1.29 is 14.3 Å². The number of aromatic amines is 1. The number of H-pyrrole nitrogens is 1. The van der Waals surface area contributed by atoms with E-state index in [1.807, 2.05) is 24.8 Å². The predicted molar refractivity (Wildman–Crippen MR) is 95.5 cm³/mol. The molecule has 1 aromatic rings. The molecule has 2 aliphatic rings. The van der Waals surface area contributed by atoms with Crippen molar-refractivity contribution in [1.29, 1.82) is 0 Å². The van der Waals surface area contributed by atoms with Crippen LogP contribution in [0.4, 0.5) is 0 Å². The van der Waals surface area contributed by atoms with Gasteiger partial charge in [0.25, 0.3) is 5.91 Å².